The standard InChI is InChI=1S/C11H20O/c1-8(2)11-6-4-5-10(7-12)9(11)3/h9-10,12H,4-7H2,1-3H3/t9-,10+/m1/s1. The molecule has 0 radical (unpaired) electrons. The summed E-state index contributed by atoms with van der Waals surface area (Å²) in [5.41, 5.74) is 3.04. The van der Waals surface area contributed by atoms with Gasteiger partial charge in [0.1, 0.15) is 0 Å². The van der Waals surface area contributed by atoms with Gasteiger partial charge in [-0.25, -0.2) is 0 Å². The third kappa shape index (κ3) is 1.89. The van der Waals surface area contributed by atoms with Gasteiger partial charge < -0.3 is 5.11 Å². The van der Waals surface area contributed by atoms with Crippen LogP contribution >= 0.6 is 0 Å². The van der Waals surface area contributed by atoms with E-state index in [1.165, 1.54) is 24.8 Å². The van der Waals surface area contributed by atoms with Crippen LogP contribution in [0.4, 0.5) is 0 Å². The van der Waals surface area contributed by atoms with E-state index in [0.717, 1.165) is 0 Å². The highest BCUT2D eigenvalue weighted by Gasteiger charge is 2.24. The molecule has 1 rings (SSSR count). The number of hydrogen-bond acceptors (Lipinski definition) is 1. The van der Waals surface area contributed by atoms with Crippen molar-refractivity contribution >= 4 is 0 Å². The van der Waals surface area contributed by atoms with E-state index in [2.05, 4.69) is 20.8 Å². The van der Waals surface area contributed by atoms with Crippen LogP contribution in [0.1, 0.15) is 40.0 Å². The van der Waals surface area contributed by atoms with Gasteiger partial charge in [0.2, 0.25) is 0 Å². The average Bonchev–Trinajstić information content (AvgIpc) is 2.04. The van der Waals surface area contributed by atoms with Gasteiger partial charge in [0.05, 0.1) is 0 Å². The second-order valence-electron chi connectivity index (χ2n) is 4.15. The Hall–Kier alpha value is -0.300. The first kappa shape index (κ1) is 9.79. The maximum absolute atomic E-state index is 9.14. The number of aliphatic hydroxyl groups is 1. The van der Waals surface area contributed by atoms with Crippen LogP contribution in [0, 0.1) is 11.8 Å². The van der Waals surface area contributed by atoms with Gasteiger partial charge in [-0.05, 0) is 44.9 Å². The van der Waals surface area contributed by atoms with E-state index in [9.17, 15) is 0 Å². The van der Waals surface area contributed by atoms with Crippen molar-refractivity contribution in [3.05, 3.63) is 11.1 Å². The van der Waals surface area contributed by atoms with E-state index in [4.69, 9.17) is 5.11 Å². The van der Waals surface area contributed by atoms with Gasteiger partial charge in [0, 0.05) is 6.61 Å². The molecule has 1 aliphatic carbocycles. The molecule has 1 fully saturated rings. The predicted molar refractivity (Wildman–Crippen MR) is 52.0 cm³/mol. The summed E-state index contributed by atoms with van der Waals surface area (Å²) >= 11 is 0. The Morgan fingerprint density at radius 2 is 2.17 bits per heavy atom. The third-order valence-corrected chi connectivity index (χ3v) is 3.15. The van der Waals surface area contributed by atoms with Crippen molar-refractivity contribution in [3.8, 4) is 0 Å². The fourth-order valence-corrected chi connectivity index (χ4v) is 2.27. The summed E-state index contributed by atoms with van der Waals surface area (Å²) in [5.74, 6) is 1.12. The van der Waals surface area contributed by atoms with Crippen LogP contribution < -0.4 is 0 Å². The van der Waals surface area contributed by atoms with Gasteiger partial charge in [-0.1, -0.05) is 18.1 Å². The molecule has 0 bridgehead atoms. The van der Waals surface area contributed by atoms with Crippen LogP contribution in [-0.2, 0) is 0 Å². The number of rotatable bonds is 1. The molecule has 0 heterocycles. The summed E-state index contributed by atoms with van der Waals surface area (Å²) < 4.78 is 0. The normalized spacial score (nSPS) is 30.5. The first-order chi connectivity index (χ1) is 5.66. The number of aliphatic hydroxyl groups excluding tert-OH is 1. The number of hydrogen-bond donors (Lipinski definition) is 1. The van der Waals surface area contributed by atoms with Crippen molar-refractivity contribution in [2.45, 2.75) is 40.0 Å². The molecule has 0 aromatic rings. The molecule has 1 nitrogen and oxygen atoms in total. The maximum atomic E-state index is 9.14. The largest absolute Gasteiger partial charge is 0.396 e. The molecule has 0 aliphatic heterocycles. The highest BCUT2D eigenvalue weighted by atomic mass is 16.3. The molecule has 0 saturated heterocycles. The predicted octanol–water partition coefficient (Wildman–Crippen LogP) is 2.75. The van der Waals surface area contributed by atoms with E-state index in [1.54, 1.807) is 5.57 Å². The van der Waals surface area contributed by atoms with Crippen molar-refractivity contribution in [3.63, 3.8) is 0 Å². The zero-order valence-corrected chi connectivity index (χ0v) is 8.43. The second-order valence-corrected chi connectivity index (χ2v) is 4.15. The Labute approximate surface area is 75.5 Å². The van der Waals surface area contributed by atoms with E-state index in [1.807, 2.05) is 0 Å². The van der Waals surface area contributed by atoms with Crippen LogP contribution in [0.15, 0.2) is 11.1 Å². The van der Waals surface area contributed by atoms with E-state index < -0.39 is 0 Å². The van der Waals surface area contributed by atoms with Crippen LogP contribution in [0.5, 0.6) is 0 Å². The van der Waals surface area contributed by atoms with Gasteiger partial charge in [0.15, 0.2) is 0 Å². The number of allylic oxidation sites excluding steroid dienone is 2. The molecular weight excluding hydrogens is 148 g/mol. The smallest absolute Gasteiger partial charge is 0.0464 e. The summed E-state index contributed by atoms with van der Waals surface area (Å²) in [4.78, 5) is 0. The maximum Gasteiger partial charge on any atom is 0.0464 e. The molecule has 0 unspecified atom stereocenters. The van der Waals surface area contributed by atoms with E-state index >= 15 is 0 Å². The Bertz CT molecular complexity index is 177. The zero-order valence-electron chi connectivity index (χ0n) is 8.43. The molecule has 1 aliphatic rings. The summed E-state index contributed by atoms with van der Waals surface area (Å²) in [5, 5.41) is 9.14. The summed E-state index contributed by atoms with van der Waals surface area (Å²) in [7, 11) is 0. The topological polar surface area (TPSA) is 20.2 Å². The highest BCUT2D eigenvalue weighted by Crippen LogP contribution is 2.35. The van der Waals surface area contributed by atoms with E-state index in [-0.39, 0.29) is 0 Å². The van der Waals surface area contributed by atoms with Crippen LogP contribution in [0.25, 0.3) is 0 Å². The monoisotopic (exact) mass is 168 g/mol. The average molecular weight is 168 g/mol. The van der Waals surface area contributed by atoms with Crippen LogP contribution in [-0.4, -0.2) is 11.7 Å². The molecule has 1 N–H and O–H groups in total. The first-order valence-electron chi connectivity index (χ1n) is 4.94. The Balaban J connectivity index is 2.73. The molecule has 1 heteroatoms. The molecule has 0 amide bonds. The molecule has 2 atom stereocenters. The molecule has 0 spiro atoms. The van der Waals surface area contributed by atoms with Crippen LogP contribution in [0.2, 0.25) is 0 Å². The lowest BCUT2D eigenvalue weighted by atomic mass is 9.76. The van der Waals surface area contributed by atoms with E-state index in [0.29, 0.717) is 18.4 Å². The SMILES string of the molecule is CC(C)=C1CCC[C@@H](CO)[C@H]1C. The van der Waals surface area contributed by atoms with Crippen molar-refractivity contribution < 1.29 is 5.11 Å². The van der Waals surface area contributed by atoms with Crippen molar-refractivity contribution in [2.75, 3.05) is 6.61 Å². The Morgan fingerprint density at radius 1 is 1.50 bits per heavy atom. The first-order valence-corrected chi connectivity index (χ1v) is 4.94. The fraction of sp³-hybridized carbons (Fsp3) is 0.818. The van der Waals surface area contributed by atoms with Gasteiger partial charge in [-0.15, -0.1) is 0 Å². The lowest BCUT2D eigenvalue weighted by molar-refractivity contribution is 0.170. The Morgan fingerprint density at radius 3 is 2.67 bits per heavy atom. The van der Waals surface area contributed by atoms with Gasteiger partial charge in [0.25, 0.3) is 0 Å². The third-order valence-electron chi connectivity index (χ3n) is 3.15. The van der Waals surface area contributed by atoms with Gasteiger partial charge in [-0.2, -0.15) is 0 Å². The lowest BCUT2D eigenvalue weighted by Crippen LogP contribution is -2.22. The minimum absolute atomic E-state index is 0.359. The second kappa shape index (κ2) is 4.08. The highest BCUT2D eigenvalue weighted by molar-refractivity contribution is 5.15. The van der Waals surface area contributed by atoms with Gasteiger partial charge in [-0.3, -0.25) is 0 Å². The van der Waals surface area contributed by atoms with Crippen molar-refractivity contribution in [1.82, 2.24) is 0 Å². The summed E-state index contributed by atoms with van der Waals surface area (Å²) in [6, 6.07) is 0. The Kier molecular flexibility index (Phi) is 3.33. The summed E-state index contributed by atoms with van der Waals surface area (Å²) in [6.07, 6.45) is 3.71. The molecular formula is C11H20O. The molecule has 0 aromatic heterocycles. The molecule has 12 heavy (non-hydrogen) atoms. The minimum atomic E-state index is 0.359. The lowest BCUT2D eigenvalue weighted by Gasteiger charge is -2.31. The van der Waals surface area contributed by atoms with Crippen LogP contribution in [0.3, 0.4) is 0 Å². The zero-order chi connectivity index (χ0) is 9.14. The fourth-order valence-electron chi connectivity index (χ4n) is 2.27. The quantitative estimate of drug-likeness (QED) is 0.597. The molecule has 0 aromatic carbocycles. The molecule has 1 saturated carbocycles. The minimum Gasteiger partial charge on any atom is -0.396 e. The van der Waals surface area contributed by atoms with Gasteiger partial charge >= 0.3 is 0 Å². The van der Waals surface area contributed by atoms with Crippen molar-refractivity contribution in [2.24, 2.45) is 11.8 Å². The molecule has 70 valence electrons. The summed E-state index contributed by atoms with van der Waals surface area (Å²) in [6.45, 7) is 6.98. The van der Waals surface area contributed by atoms with Crippen molar-refractivity contribution in [1.29, 1.82) is 0 Å².